The van der Waals surface area contributed by atoms with Crippen LogP contribution in [-0.4, -0.2) is 48.8 Å². The van der Waals surface area contributed by atoms with Crippen LogP contribution in [0.3, 0.4) is 0 Å². The van der Waals surface area contributed by atoms with Crippen molar-refractivity contribution >= 4 is 5.91 Å². The van der Waals surface area contributed by atoms with Crippen LogP contribution >= 0.6 is 0 Å². The molecule has 0 aromatic heterocycles. The number of amides is 1. The Morgan fingerprint density at radius 2 is 1.89 bits per heavy atom. The molecule has 0 aliphatic carbocycles. The smallest absolute Gasteiger partial charge is 0.253 e. The number of hydrogen-bond donors (Lipinski definition) is 1. The Kier molecular flexibility index (Phi) is 7.67. The maximum atomic E-state index is 13.9. The molecule has 0 radical (unpaired) electrons. The first-order valence-corrected chi connectivity index (χ1v) is 12.6. The highest BCUT2D eigenvalue weighted by atomic mass is 19.1. The lowest BCUT2D eigenvalue weighted by Crippen LogP contribution is -2.52. The van der Waals surface area contributed by atoms with E-state index >= 15 is 0 Å². The number of rotatable bonds is 7. The molecule has 2 heterocycles. The van der Waals surface area contributed by atoms with Crippen molar-refractivity contribution in [3.05, 3.63) is 58.9 Å². The van der Waals surface area contributed by atoms with Crippen molar-refractivity contribution in [2.24, 2.45) is 0 Å². The first-order valence-electron chi connectivity index (χ1n) is 12.6. The number of piperidine rings is 1. The Balaban J connectivity index is 1.48. The number of hydrogen-bond acceptors (Lipinski definition) is 5. The van der Waals surface area contributed by atoms with Crippen molar-refractivity contribution < 1.29 is 23.4 Å². The third-order valence-electron chi connectivity index (χ3n) is 6.64. The average molecular weight is 485 g/mol. The molecule has 1 amide bonds. The van der Waals surface area contributed by atoms with E-state index in [1.165, 1.54) is 12.1 Å². The number of likely N-dealkylation sites (tertiary alicyclic amines) is 1. The first-order chi connectivity index (χ1) is 16.7. The van der Waals surface area contributed by atoms with Crippen LogP contribution in [0.2, 0.25) is 0 Å². The van der Waals surface area contributed by atoms with Crippen molar-refractivity contribution in [2.75, 3.05) is 20.1 Å². The normalized spacial score (nSPS) is 19.1. The van der Waals surface area contributed by atoms with Gasteiger partial charge in [-0.25, -0.2) is 4.39 Å². The summed E-state index contributed by atoms with van der Waals surface area (Å²) in [5, 5.41) is 3.15. The summed E-state index contributed by atoms with van der Waals surface area (Å²) in [5.74, 6) is 1.20. The van der Waals surface area contributed by atoms with Gasteiger partial charge >= 0.3 is 0 Å². The number of nitrogens with zero attached hydrogens (tertiary/aromatic N) is 1. The lowest BCUT2D eigenvalue weighted by atomic mass is 9.81. The van der Waals surface area contributed by atoms with Crippen LogP contribution in [0.15, 0.2) is 36.4 Å². The molecule has 190 valence electrons. The van der Waals surface area contributed by atoms with Crippen LogP contribution in [0.4, 0.5) is 4.39 Å². The van der Waals surface area contributed by atoms with Gasteiger partial charge in [0.2, 0.25) is 0 Å². The summed E-state index contributed by atoms with van der Waals surface area (Å²) in [7, 11) is 1.88. The lowest BCUT2D eigenvalue weighted by Gasteiger charge is -2.47. The average Bonchev–Trinajstić information content (AvgIpc) is 2.80. The minimum absolute atomic E-state index is 0.0153. The molecule has 1 N–H and O–H groups in total. The zero-order valence-corrected chi connectivity index (χ0v) is 21.4. The molecule has 0 unspecified atom stereocenters. The Morgan fingerprint density at radius 3 is 2.54 bits per heavy atom. The van der Waals surface area contributed by atoms with Crippen molar-refractivity contribution in [3.63, 3.8) is 0 Å². The number of nitrogens with one attached hydrogen (secondary N) is 1. The molecule has 1 saturated heterocycles. The summed E-state index contributed by atoms with van der Waals surface area (Å²) < 4.78 is 32.5. The second-order valence-electron chi connectivity index (χ2n) is 10.2. The number of ether oxygens (including phenoxy) is 3. The van der Waals surface area contributed by atoms with Crippen LogP contribution in [-0.2, 0) is 11.3 Å². The minimum atomic E-state index is -0.423. The van der Waals surface area contributed by atoms with Gasteiger partial charge in [0.15, 0.2) is 0 Å². The molecule has 1 spiro atoms. The molecule has 4 rings (SSSR count). The highest BCUT2D eigenvalue weighted by Gasteiger charge is 2.45. The van der Waals surface area contributed by atoms with Gasteiger partial charge in [0, 0.05) is 55.6 Å². The second kappa shape index (κ2) is 10.5. The SMILES string of the molecule is CNCc1cc(C(=O)N2CCC3(CC2)C[C@@H](OC(C)C)c2cc(F)ccc2O3)ccc1OC(C)C. The highest BCUT2D eigenvalue weighted by Crippen LogP contribution is 2.46. The van der Waals surface area contributed by atoms with Gasteiger partial charge in [-0.1, -0.05) is 0 Å². The molecule has 1 fully saturated rings. The summed E-state index contributed by atoms with van der Waals surface area (Å²) in [6.07, 6.45) is 1.90. The standard InChI is InChI=1S/C28H37FN2O4/c1-18(2)33-24-8-6-20(14-21(24)17-30-5)27(32)31-12-10-28(11-13-31)16-26(34-19(3)4)23-15-22(29)7-9-25(23)35-28/h6-9,14-15,18-19,26,30H,10-13,16-17H2,1-5H3/t26-/m1/s1. The fourth-order valence-corrected chi connectivity index (χ4v) is 5.05. The van der Waals surface area contributed by atoms with Gasteiger partial charge in [0.25, 0.3) is 5.91 Å². The van der Waals surface area contributed by atoms with Gasteiger partial charge in [-0.3, -0.25) is 4.79 Å². The molecule has 2 aromatic rings. The number of halogens is 1. The predicted molar refractivity (Wildman–Crippen MR) is 133 cm³/mol. The molecular weight excluding hydrogens is 447 g/mol. The molecular formula is C28H37FN2O4. The van der Waals surface area contributed by atoms with E-state index in [1.54, 1.807) is 6.07 Å². The first kappa shape index (κ1) is 25.5. The third kappa shape index (κ3) is 5.78. The van der Waals surface area contributed by atoms with Gasteiger partial charge < -0.3 is 24.4 Å². The van der Waals surface area contributed by atoms with E-state index in [9.17, 15) is 9.18 Å². The third-order valence-corrected chi connectivity index (χ3v) is 6.64. The Bertz CT molecular complexity index is 1050. The number of fused-ring (bicyclic) bond motifs is 1. The topological polar surface area (TPSA) is 60.0 Å². The lowest BCUT2D eigenvalue weighted by molar-refractivity contribution is -0.0873. The molecule has 7 heteroatoms. The van der Waals surface area contributed by atoms with Crippen LogP contribution in [0.25, 0.3) is 0 Å². The van der Waals surface area contributed by atoms with Gasteiger partial charge in [-0.05, 0) is 71.1 Å². The molecule has 35 heavy (non-hydrogen) atoms. The Morgan fingerprint density at radius 1 is 1.14 bits per heavy atom. The van der Waals surface area contributed by atoms with Crippen molar-refractivity contribution in [3.8, 4) is 11.5 Å². The van der Waals surface area contributed by atoms with Gasteiger partial charge in [-0.15, -0.1) is 0 Å². The summed E-state index contributed by atoms with van der Waals surface area (Å²) in [4.78, 5) is 15.3. The van der Waals surface area contributed by atoms with E-state index in [0.29, 0.717) is 50.2 Å². The van der Waals surface area contributed by atoms with Crippen molar-refractivity contribution in [1.82, 2.24) is 10.2 Å². The predicted octanol–water partition coefficient (Wildman–Crippen LogP) is 5.26. The molecule has 6 nitrogen and oxygen atoms in total. The van der Waals surface area contributed by atoms with E-state index in [0.717, 1.165) is 16.9 Å². The summed E-state index contributed by atoms with van der Waals surface area (Å²) in [6, 6.07) is 10.3. The van der Waals surface area contributed by atoms with E-state index in [4.69, 9.17) is 14.2 Å². The zero-order chi connectivity index (χ0) is 25.2. The number of carbonyl (C=O) groups is 1. The minimum Gasteiger partial charge on any atom is -0.491 e. The highest BCUT2D eigenvalue weighted by molar-refractivity contribution is 5.94. The molecule has 1 atom stereocenters. The van der Waals surface area contributed by atoms with Crippen LogP contribution in [0, 0.1) is 5.82 Å². The van der Waals surface area contributed by atoms with Gasteiger partial charge in [0.05, 0.1) is 18.3 Å². The Labute approximate surface area is 207 Å². The number of carbonyl (C=O) groups excluding carboxylic acids is 1. The molecule has 2 aromatic carbocycles. The fourth-order valence-electron chi connectivity index (χ4n) is 5.05. The van der Waals surface area contributed by atoms with Crippen molar-refractivity contribution in [1.29, 1.82) is 0 Å². The second-order valence-corrected chi connectivity index (χ2v) is 10.2. The maximum Gasteiger partial charge on any atom is 0.253 e. The van der Waals surface area contributed by atoms with E-state index in [1.807, 2.05) is 57.8 Å². The summed E-state index contributed by atoms with van der Waals surface area (Å²) in [6.45, 7) is 9.77. The van der Waals surface area contributed by atoms with E-state index in [2.05, 4.69) is 5.32 Å². The Hall–Kier alpha value is -2.64. The molecule has 0 bridgehead atoms. The van der Waals surface area contributed by atoms with Crippen molar-refractivity contribution in [2.45, 2.75) is 77.4 Å². The quantitative estimate of drug-likeness (QED) is 0.581. The zero-order valence-electron chi connectivity index (χ0n) is 21.4. The van der Waals surface area contributed by atoms with Gasteiger partial charge in [0.1, 0.15) is 22.9 Å². The molecule has 2 aliphatic heterocycles. The van der Waals surface area contributed by atoms with Crippen LogP contribution in [0.5, 0.6) is 11.5 Å². The van der Waals surface area contributed by atoms with E-state index < -0.39 is 5.60 Å². The largest absolute Gasteiger partial charge is 0.491 e. The van der Waals surface area contributed by atoms with E-state index in [-0.39, 0.29) is 30.0 Å². The monoisotopic (exact) mass is 484 g/mol. The number of benzene rings is 2. The molecule has 2 aliphatic rings. The van der Waals surface area contributed by atoms with Crippen LogP contribution in [0.1, 0.15) is 74.5 Å². The maximum absolute atomic E-state index is 13.9. The summed E-state index contributed by atoms with van der Waals surface area (Å²) >= 11 is 0. The van der Waals surface area contributed by atoms with Gasteiger partial charge in [-0.2, -0.15) is 0 Å². The van der Waals surface area contributed by atoms with Crippen LogP contribution < -0.4 is 14.8 Å². The summed E-state index contributed by atoms with van der Waals surface area (Å²) in [5.41, 5.74) is 1.97. The molecule has 0 saturated carbocycles. The fraction of sp³-hybridized carbons (Fsp3) is 0.536.